The summed E-state index contributed by atoms with van der Waals surface area (Å²) in [6, 6.07) is 13.5. The summed E-state index contributed by atoms with van der Waals surface area (Å²) in [5.74, 6) is -0.0493. The molecule has 142 valence electrons. The van der Waals surface area contributed by atoms with Gasteiger partial charge in [0.25, 0.3) is 0 Å². The minimum atomic E-state index is -0.713. The van der Waals surface area contributed by atoms with E-state index in [1.54, 1.807) is 81.5 Å². The SMILES string of the molecule is CCOC(=O)C(C)Oc1ccc(C(=O)c2ccc(N=NN(C)C)cc2)cc1. The molecule has 0 aliphatic carbocycles. The van der Waals surface area contributed by atoms with Crippen LogP contribution in [0.5, 0.6) is 5.75 Å². The Morgan fingerprint density at radius 2 is 1.56 bits per heavy atom. The highest BCUT2D eigenvalue weighted by atomic mass is 16.6. The molecule has 0 spiro atoms. The third-order valence-corrected chi connectivity index (χ3v) is 3.52. The summed E-state index contributed by atoms with van der Waals surface area (Å²) in [5, 5.41) is 9.53. The van der Waals surface area contributed by atoms with E-state index in [9.17, 15) is 9.59 Å². The van der Waals surface area contributed by atoms with Crippen LogP contribution in [0.15, 0.2) is 58.9 Å². The zero-order valence-corrected chi connectivity index (χ0v) is 15.9. The first-order valence-electron chi connectivity index (χ1n) is 8.57. The first-order chi connectivity index (χ1) is 12.9. The minimum absolute atomic E-state index is 0.115. The standard InChI is InChI=1S/C20H23N3O4/c1-5-26-20(25)14(2)27-18-12-8-16(9-13-18)19(24)15-6-10-17(11-7-15)21-22-23(3)4/h6-14H,5H2,1-4H3. The van der Waals surface area contributed by atoms with Gasteiger partial charge in [-0.2, -0.15) is 0 Å². The van der Waals surface area contributed by atoms with Gasteiger partial charge in [0.15, 0.2) is 11.9 Å². The molecule has 0 saturated heterocycles. The van der Waals surface area contributed by atoms with Gasteiger partial charge in [0.05, 0.1) is 12.3 Å². The van der Waals surface area contributed by atoms with Gasteiger partial charge in [-0.25, -0.2) is 4.79 Å². The van der Waals surface area contributed by atoms with E-state index < -0.39 is 12.1 Å². The highest BCUT2D eigenvalue weighted by Crippen LogP contribution is 2.19. The van der Waals surface area contributed by atoms with E-state index in [2.05, 4.69) is 10.3 Å². The maximum absolute atomic E-state index is 12.6. The molecule has 0 aromatic heterocycles. The second-order valence-corrected chi connectivity index (χ2v) is 5.95. The topological polar surface area (TPSA) is 80.6 Å². The molecule has 27 heavy (non-hydrogen) atoms. The number of rotatable bonds is 8. The number of hydrogen-bond donors (Lipinski definition) is 0. The van der Waals surface area contributed by atoms with E-state index in [4.69, 9.17) is 9.47 Å². The molecule has 2 aromatic carbocycles. The minimum Gasteiger partial charge on any atom is -0.479 e. The van der Waals surface area contributed by atoms with Gasteiger partial charge >= 0.3 is 5.97 Å². The van der Waals surface area contributed by atoms with Crippen molar-refractivity contribution in [2.24, 2.45) is 10.3 Å². The van der Waals surface area contributed by atoms with Crippen molar-refractivity contribution >= 4 is 17.4 Å². The molecule has 0 radical (unpaired) electrons. The molecule has 0 N–H and O–H groups in total. The summed E-state index contributed by atoms with van der Waals surface area (Å²) >= 11 is 0. The van der Waals surface area contributed by atoms with Gasteiger partial charge < -0.3 is 9.47 Å². The van der Waals surface area contributed by atoms with Crippen LogP contribution in [0, 0.1) is 0 Å². The Bertz CT molecular complexity index is 799. The van der Waals surface area contributed by atoms with Gasteiger partial charge in [0.1, 0.15) is 5.75 Å². The Labute approximate surface area is 158 Å². The monoisotopic (exact) mass is 369 g/mol. The number of nitrogens with zero attached hydrogens (tertiary/aromatic N) is 3. The summed E-state index contributed by atoms with van der Waals surface area (Å²) in [6.45, 7) is 3.66. The lowest BCUT2D eigenvalue weighted by Crippen LogP contribution is -2.26. The van der Waals surface area contributed by atoms with Crippen molar-refractivity contribution in [3.63, 3.8) is 0 Å². The normalized spacial score (nSPS) is 11.9. The quantitative estimate of drug-likeness (QED) is 0.306. The molecule has 7 heteroatoms. The maximum atomic E-state index is 12.6. The molecule has 0 amide bonds. The fourth-order valence-electron chi connectivity index (χ4n) is 2.18. The van der Waals surface area contributed by atoms with Crippen molar-refractivity contribution < 1.29 is 19.1 Å². The van der Waals surface area contributed by atoms with Crippen LogP contribution >= 0.6 is 0 Å². The van der Waals surface area contributed by atoms with Gasteiger partial charge in [-0.05, 0) is 62.4 Å². The van der Waals surface area contributed by atoms with E-state index >= 15 is 0 Å². The molecular formula is C20H23N3O4. The predicted molar refractivity (Wildman–Crippen MR) is 101 cm³/mol. The zero-order valence-electron chi connectivity index (χ0n) is 15.9. The van der Waals surface area contributed by atoms with Crippen molar-refractivity contribution in [2.75, 3.05) is 20.7 Å². The van der Waals surface area contributed by atoms with Crippen LogP contribution in [0.2, 0.25) is 0 Å². The number of ether oxygens (including phenoxy) is 2. The van der Waals surface area contributed by atoms with Crippen molar-refractivity contribution in [3.05, 3.63) is 59.7 Å². The van der Waals surface area contributed by atoms with E-state index in [1.165, 1.54) is 0 Å². The predicted octanol–water partition coefficient (Wildman–Crippen LogP) is 3.81. The Balaban J connectivity index is 2.03. The summed E-state index contributed by atoms with van der Waals surface area (Å²) < 4.78 is 10.4. The highest BCUT2D eigenvalue weighted by molar-refractivity contribution is 6.09. The van der Waals surface area contributed by atoms with Crippen LogP contribution in [-0.2, 0) is 9.53 Å². The van der Waals surface area contributed by atoms with Crippen LogP contribution < -0.4 is 4.74 Å². The number of carbonyl (C=O) groups is 2. The smallest absolute Gasteiger partial charge is 0.347 e. The van der Waals surface area contributed by atoms with Gasteiger partial charge in [0.2, 0.25) is 0 Å². The highest BCUT2D eigenvalue weighted by Gasteiger charge is 2.16. The van der Waals surface area contributed by atoms with Crippen LogP contribution in [0.4, 0.5) is 5.69 Å². The summed E-state index contributed by atoms with van der Waals surface area (Å²) in [6.07, 6.45) is -0.713. The molecule has 7 nitrogen and oxygen atoms in total. The summed E-state index contributed by atoms with van der Waals surface area (Å²) in [7, 11) is 3.56. The molecule has 1 atom stereocenters. The van der Waals surface area contributed by atoms with E-state index in [0.717, 1.165) is 0 Å². The van der Waals surface area contributed by atoms with Crippen molar-refractivity contribution in [1.29, 1.82) is 0 Å². The van der Waals surface area contributed by atoms with E-state index in [-0.39, 0.29) is 5.78 Å². The molecule has 0 heterocycles. The molecule has 2 rings (SSSR count). The van der Waals surface area contributed by atoms with Crippen LogP contribution in [0.3, 0.4) is 0 Å². The third-order valence-electron chi connectivity index (χ3n) is 3.52. The second-order valence-electron chi connectivity index (χ2n) is 5.95. The fraction of sp³-hybridized carbons (Fsp3) is 0.300. The van der Waals surface area contributed by atoms with Crippen molar-refractivity contribution in [2.45, 2.75) is 20.0 Å². The number of esters is 1. The molecule has 0 aliphatic heterocycles. The Morgan fingerprint density at radius 3 is 2.07 bits per heavy atom. The van der Waals surface area contributed by atoms with Crippen LogP contribution in [0.25, 0.3) is 0 Å². The Hall–Kier alpha value is -3.22. The number of carbonyl (C=O) groups excluding carboxylic acids is 2. The Morgan fingerprint density at radius 1 is 1.00 bits per heavy atom. The average Bonchev–Trinajstić information content (AvgIpc) is 2.67. The molecule has 2 aromatic rings. The van der Waals surface area contributed by atoms with E-state index in [0.29, 0.717) is 29.2 Å². The third kappa shape index (κ3) is 5.91. The maximum Gasteiger partial charge on any atom is 0.347 e. The largest absolute Gasteiger partial charge is 0.479 e. The lowest BCUT2D eigenvalue weighted by molar-refractivity contribution is -0.150. The molecule has 0 bridgehead atoms. The molecule has 0 fully saturated rings. The number of ketones is 1. The van der Waals surface area contributed by atoms with Crippen LogP contribution in [0.1, 0.15) is 29.8 Å². The lowest BCUT2D eigenvalue weighted by Gasteiger charge is -2.13. The molecule has 0 aliphatic rings. The number of hydrogen-bond acceptors (Lipinski definition) is 6. The van der Waals surface area contributed by atoms with Gasteiger partial charge in [-0.15, -0.1) is 5.11 Å². The van der Waals surface area contributed by atoms with Crippen molar-refractivity contribution in [3.8, 4) is 5.75 Å². The molecular weight excluding hydrogens is 346 g/mol. The second kappa shape index (κ2) is 9.47. The first-order valence-corrected chi connectivity index (χ1v) is 8.57. The fourth-order valence-corrected chi connectivity index (χ4v) is 2.18. The van der Waals surface area contributed by atoms with Gasteiger partial charge in [-0.3, -0.25) is 9.80 Å². The van der Waals surface area contributed by atoms with Gasteiger partial charge in [0, 0.05) is 25.2 Å². The zero-order chi connectivity index (χ0) is 19.8. The van der Waals surface area contributed by atoms with E-state index in [1.807, 2.05) is 0 Å². The molecule has 0 saturated carbocycles. The van der Waals surface area contributed by atoms with Crippen LogP contribution in [-0.4, -0.2) is 43.6 Å². The van der Waals surface area contributed by atoms with Crippen molar-refractivity contribution in [1.82, 2.24) is 5.01 Å². The van der Waals surface area contributed by atoms with Gasteiger partial charge in [-0.1, -0.05) is 5.22 Å². The average molecular weight is 369 g/mol. The Kier molecular flexibility index (Phi) is 7.05. The summed E-state index contributed by atoms with van der Waals surface area (Å²) in [5.41, 5.74) is 1.73. The number of benzene rings is 2. The molecule has 1 unspecified atom stereocenters. The first kappa shape index (κ1) is 20.1. The summed E-state index contributed by atoms with van der Waals surface area (Å²) in [4.78, 5) is 24.2. The lowest BCUT2D eigenvalue weighted by atomic mass is 10.0.